The second-order valence-electron chi connectivity index (χ2n) is 8.67. The molecule has 0 radical (unpaired) electrons. The molecule has 0 unspecified atom stereocenters. The van der Waals surface area contributed by atoms with Crippen LogP contribution in [0.2, 0.25) is 0 Å². The monoisotopic (exact) mass is 525 g/mol. The molecule has 3 amide bonds. The van der Waals surface area contributed by atoms with Crippen molar-refractivity contribution in [1.29, 1.82) is 5.26 Å². The lowest BCUT2D eigenvalue weighted by Gasteiger charge is -2.14. The number of benzene rings is 3. The first-order chi connectivity index (χ1) is 18.6. The van der Waals surface area contributed by atoms with Crippen LogP contribution in [0.25, 0.3) is 22.1 Å². The van der Waals surface area contributed by atoms with Gasteiger partial charge >= 0.3 is 5.97 Å². The van der Waals surface area contributed by atoms with Crippen LogP contribution in [0.3, 0.4) is 0 Å². The number of nitriles is 1. The van der Waals surface area contributed by atoms with Gasteiger partial charge in [0.1, 0.15) is 0 Å². The molecular formula is C28H23N5O6. The molecular weight excluding hydrogens is 502 g/mol. The second-order valence-corrected chi connectivity index (χ2v) is 8.67. The van der Waals surface area contributed by atoms with E-state index in [9.17, 15) is 24.3 Å². The molecule has 0 aliphatic rings. The molecule has 39 heavy (non-hydrogen) atoms. The van der Waals surface area contributed by atoms with Crippen LogP contribution in [0.4, 0.5) is 17.1 Å². The highest BCUT2D eigenvalue weighted by atomic mass is 16.5. The van der Waals surface area contributed by atoms with E-state index in [1.807, 2.05) is 13.0 Å². The van der Waals surface area contributed by atoms with Crippen molar-refractivity contribution in [2.45, 2.75) is 27.2 Å². The van der Waals surface area contributed by atoms with E-state index in [0.717, 1.165) is 17.2 Å². The number of nitrogens with zero attached hydrogens (tertiary/aromatic N) is 2. The smallest absolute Gasteiger partial charge is 0.337 e. The molecule has 0 fully saturated rings. The highest BCUT2D eigenvalue weighted by Crippen LogP contribution is 2.37. The van der Waals surface area contributed by atoms with E-state index in [0.29, 0.717) is 22.3 Å². The zero-order valence-corrected chi connectivity index (χ0v) is 21.2. The van der Waals surface area contributed by atoms with Crippen LogP contribution in [0.5, 0.6) is 0 Å². The summed E-state index contributed by atoms with van der Waals surface area (Å²) in [7, 11) is 0. The van der Waals surface area contributed by atoms with Gasteiger partial charge in [0.2, 0.25) is 11.8 Å². The normalized spacial score (nSPS) is 10.5. The van der Waals surface area contributed by atoms with Gasteiger partial charge in [-0.15, -0.1) is 0 Å². The van der Waals surface area contributed by atoms with Crippen molar-refractivity contribution in [2.75, 3.05) is 16.0 Å². The molecule has 11 nitrogen and oxygen atoms in total. The minimum atomic E-state index is -1.32. The van der Waals surface area contributed by atoms with Gasteiger partial charge in [0.15, 0.2) is 11.3 Å². The molecule has 0 saturated heterocycles. The van der Waals surface area contributed by atoms with Crippen molar-refractivity contribution >= 4 is 51.7 Å². The summed E-state index contributed by atoms with van der Waals surface area (Å²) >= 11 is 0. The maximum atomic E-state index is 13.1. The summed E-state index contributed by atoms with van der Waals surface area (Å²) in [6, 6.07) is 14.3. The van der Waals surface area contributed by atoms with E-state index in [-0.39, 0.29) is 46.3 Å². The summed E-state index contributed by atoms with van der Waals surface area (Å²) in [4.78, 5) is 48.6. The number of carbonyl (C=O) groups excluding carboxylic acids is 3. The van der Waals surface area contributed by atoms with E-state index >= 15 is 0 Å². The topological polar surface area (TPSA) is 174 Å². The Balaban J connectivity index is 1.78. The van der Waals surface area contributed by atoms with E-state index in [1.165, 1.54) is 19.1 Å². The number of carbonyl (C=O) groups is 4. The molecule has 1 heterocycles. The Labute approximate surface area is 222 Å². The Bertz CT molecular complexity index is 1700. The number of carboxylic acid groups (broad SMARTS) is 1. The van der Waals surface area contributed by atoms with Crippen molar-refractivity contribution in [2.24, 2.45) is 0 Å². The molecule has 0 bridgehead atoms. The molecule has 196 valence electrons. The highest BCUT2D eigenvalue weighted by molar-refractivity contribution is 6.14. The van der Waals surface area contributed by atoms with Gasteiger partial charge in [-0.25, -0.2) is 4.79 Å². The number of rotatable bonds is 7. The van der Waals surface area contributed by atoms with Gasteiger partial charge in [-0.1, -0.05) is 18.1 Å². The van der Waals surface area contributed by atoms with Crippen LogP contribution in [0.1, 0.15) is 52.2 Å². The van der Waals surface area contributed by atoms with Crippen LogP contribution >= 0.6 is 0 Å². The van der Waals surface area contributed by atoms with E-state index in [4.69, 9.17) is 9.78 Å². The van der Waals surface area contributed by atoms with Crippen molar-refractivity contribution in [3.8, 4) is 17.2 Å². The summed E-state index contributed by atoms with van der Waals surface area (Å²) in [6.07, 6.45) is 0.214. The van der Waals surface area contributed by atoms with Gasteiger partial charge in [0.05, 0.1) is 28.3 Å². The van der Waals surface area contributed by atoms with Gasteiger partial charge in [-0.2, -0.15) is 5.26 Å². The SMILES string of the molecule is CCC(=O)Nc1cc2c(C(=O)Nc3ccc(C#N)cc3C(=O)O)noc2cc1-c1ccc(NC(C)=O)cc1C. The van der Waals surface area contributed by atoms with Crippen molar-refractivity contribution < 1.29 is 28.8 Å². The molecule has 3 aromatic carbocycles. The fourth-order valence-corrected chi connectivity index (χ4v) is 4.04. The van der Waals surface area contributed by atoms with Gasteiger partial charge < -0.3 is 25.6 Å². The van der Waals surface area contributed by atoms with Gasteiger partial charge in [-0.05, 0) is 60.5 Å². The highest BCUT2D eigenvalue weighted by Gasteiger charge is 2.22. The predicted octanol–water partition coefficient (Wildman–Crippen LogP) is 4.93. The summed E-state index contributed by atoms with van der Waals surface area (Å²) in [5.41, 5.74) is 3.19. The number of nitrogens with one attached hydrogen (secondary N) is 3. The Morgan fingerprint density at radius 2 is 1.74 bits per heavy atom. The zero-order chi connectivity index (χ0) is 28.3. The Morgan fingerprint density at radius 1 is 0.974 bits per heavy atom. The quantitative estimate of drug-likeness (QED) is 0.263. The van der Waals surface area contributed by atoms with Crippen LogP contribution in [0.15, 0.2) is 53.1 Å². The second kappa shape index (κ2) is 10.9. The Hall–Kier alpha value is -5.50. The number of amides is 3. The maximum absolute atomic E-state index is 13.1. The van der Waals surface area contributed by atoms with E-state index in [1.54, 1.807) is 37.3 Å². The lowest BCUT2D eigenvalue weighted by molar-refractivity contribution is -0.116. The fraction of sp³-hybridized carbons (Fsp3) is 0.143. The fourth-order valence-electron chi connectivity index (χ4n) is 4.04. The first-order valence-corrected chi connectivity index (χ1v) is 11.8. The molecule has 1 aromatic heterocycles. The predicted molar refractivity (Wildman–Crippen MR) is 143 cm³/mol. The van der Waals surface area contributed by atoms with Crippen molar-refractivity contribution in [3.05, 3.63) is 70.9 Å². The third-order valence-corrected chi connectivity index (χ3v) is 5.88. The summed E-state index contributed by atoms with van der Waals surface area (Å²) in [5, 5.41) is 30.9. The number of aromatic carboxylic acids is 1. The van der Waals surface area contributed by atoms with Crippen LogP contribution in [-0.2, 0) is 9.59 Å². The van der Waals surface area contributed by atoms with Gasteiger partial charge in [0.25, 0.3) is 5.91 Å². The Morgan fingerprint density at radius 3 is 2.38 bits per heavy atom. The molecule has 0 aliphatic carbocycles. The minimum Gasteiger partial charge on any atom is -0.478 e. The third-order valence-electron chi connectivity index (χ3n) is 5.88. The van der Waals surface area contributed by atoms with E-state index < -0.39 is 11.9 Å². The van der Waals surface area contributed by atoms with Gasteiger partial charge in [0, 0.05) is 30.3 Å². The number of hydrogen-bond acceptors (Lipinski definition) is 7. The summed E-state index contributed by atoms with van der Waals surface area (Å²) in [5.74, 6) is -2.52. The number of anilines is 3. The summed E-state index contributed by atoms with van der Waals surface area (Å²) < 4.78 is 5.45. The number of carboxylic acids is 1. The van der Waals surface area contributed by atoms with Crippen LogP contribution < -0.4 is 16.0 Å². The standard InChI is InChI=1S/C28H23N5O6/c1-4-25(35)31-23-11-21-24(12-19(23)18-7-6-17(9-14(18)2)30-15(3)34)39-33-26(21)27(36)32-22-8-5-16(13-29)10-20(22)28(37)38/h5-12H,4H2,1-3H3,(H,30,34)(H,31,35)(H,32,36)(H,37,38). The average Bonchev–Trinajstić information content (AvgIpc) is 3.31. The molecule has 0 atom stereocenters. The van der Waals surface area contributed by atoms with Crippen LogP contribution in [0, 0.1) is 18.3 Å². The minimum absolute atomic E-state index is 0.0198. The number of aryl methyl sites for hydroxylation is 1. The average molecular weight is 526 g/mol. The molecule has 0 aliphatic heterocycles. The number of hydrogen-bond donors (Lipinski definition) is 4. The van der Waals surface area contributed by atoms with Gasteiger partial charge in [-0.3, -0.25) is 14.4 Å². The molecule has 11 heteroatoms. The van der Waals surface area contributed by atoms with Crippen molar-refractivity contribution in [1.82, 2.24) is 5.16 Å². The largest absolute Gasteiger partial charge is 0.478 e. The zero-order valence-electron chi connectivity index (χ0n) is 21.2. The Kier molecular flexibility index (Phi) is 7.39. The lowest BCUT2D eigenvalue weighted by Crippen LogP contribution is -2.16. The summed E-state index contributed by atoms with van der Waals surface area (Å²) in [6.45, 7) is 4.97. The first kappa shape index (κ1) is 26.6. The first-order valence-electron chi connectivity index (χ1n) is 11.8. The van der Waals surface area contributed by atoms with E-state index in [2.05, 4.69) is 21.1 Å². The molecule has 4 N–H and O–H groups in total. The molecule has 4 aromatic rings. The molecule has 0 saturated carbocycles. The number of aromatic nitrogens is 1. The third kappa shape index (κ3) is 5.60. The molecule has 0 spiro atoms. The lowest BCUT2D eigenvalue weighted by atomic mass is 9.96. The van der Waals surface area contributed by atoms with Crippen molar-refractivity contribution in [3.63, 3.8) is 0 Å². The maximum Gasteiger partial charge on any atom is 0.337 e. The number of fused-ring (bicyclic) bond motifs is 1. The molecule has 4 rings (SSSR count). The van der Waals surface area contributed by atoms with Crippen LogP contribution in [-0.4, -0.2) is 34.0 Å².